The van der Waals surface area contributed by atoms with Gasteiger partial charge in [0.15, 0.2) is 0 Å². The molecule has 0 unspecified atom stereocenters. The summed E-state index contributed by atoms with van der Waals surface area (Å²) in [6.07, 6.45) is 2.54. The topological polar surface area (TPSA) is 102 Å². The van der Waals surface area contributed by atoms with E-state index in [1.165, 1.54) is 48.8 Å². The fourth-order valence-electron chi connectivity index (χ4n) is 2.02. The zero-order chi connectivity index (χ0) is 18.5. The summed E-state index contributed by atoms with van der Waals surface area (Å²) in [6.45, 7) is 6.90. The zero-order valence-electron chi connectivity index (χ0n) is 13.0. The summed E-state index contributed by atoms with van der Waals surface area (Å²) in [5.74, 6) is 0. The van der Waals surface area contributed by atoms with E-state index < -0.39 is 20.2 Å². The van der Waals surface area contributed by atoms with Crippen LogP contribution in [0.15, 0.2) is 83.9 Å². The van der Waals surface area contributed by atoms with E-state index in [4.69, 9.17) is 0 Å². The third-order valence-electron chi connectivity index (χ3n) is 3.01. The van der Waals surface area contributed by atoms with Crippen LogP contribution in [-0.4, -0.2) is 16.8 Å². The summed E-state index contributed by atoms with van der Waals surface area (Å²) in [5, 5.41) is 5.25. The van der Waals surface area contributed by atoms with Crippen LogP contribution >= 0.6 is 0 Å². The average molecular weight is 380 g/mol. The van der Waals surface area contributed by atoms with Crippen molar-refractivity contribution >= 4 is 31.6 Å². The molecule has 2 aromatic rings. The van der Waals surface area contributed by atoms with Crippen molar-refractivity contribution in [3.63, 3.8) is 0 Å². The molecule has 0 spiro atoms. The zero-order valence-corrected chi connectivity index (χ0v) is 14.7. The Morgan fingerprint density at radius 1 is 0.720 bits per heavy atom. The molecule has 2 aromatic carbocycles. The van der Waals surface area contributed by atoms with Gasteiger partial charge in [-0.3, -0.25) is 0 Å². The smallest absolute Gasteiger partial charge is 0.313 e. The van der Waals surface area contributed by atoms with Gasteiger partial charge in [0.25, 0.3) is 0 Å². The van der Waals surface area contributed by atoms with E-state index in [0.29, 0.717) is 0 Å². The molecule has 0 fully saturated rings. The van der Waals surface area contributed by atoms with E-state index in [0.717, 1.165) is 0 Å². The molecule has 0 aliphatic carbocycles. The lowest BCUT2D eigenvalue weighted by Crippen LogP contribution is -2.16. The Bertz CT molecular complexity index is 917. The van der Waals surface area contributed by atoms with Gasteiger partial charge in [0.05, 0.1) is 11.4 Å². The van der Waals surface area contributed by atoms with E-state index in [1.807, 2.05) is 0 Å². The molecule has 0 aliphatic rings. The monoisotopic (exact) mass is 380 g/mol. The third-order valence-corrected chi connectivity index (χ3v) is 6.23. The first-order valence-electron chi connectivity index (χ1n) is 6.96. The molecule has 2 rings (SSSR count). The molecule has 132 valence electrons. The second-order valence-electron chi connectivity index (χ2n) is 4.67. The maximum absolute atomic E-state index is 12.5. The molecule has 7 nitrogen and oxygen atoms in total. The molecule has 0 heterocycles. The molecule has 0 atom stereocenters. The van der Waals surface area contributed by atoms with Crippen LogP contribution in [-0.2, 0) is 23.9 Å². The van der Waals surface area contributed by atoms with Crippen molar-refractivity contribution in [1.82, 2.24) is 0 Å². The number of benzene rings is 2. The van der Waals surface area contributed by atoms with Crippen molar-refractivity contribution in [2.45, 2.75) is 9.79 Å². The van der Waals surface area contributed by atoms with Crippen molar-refractivity contribution in [2.75, 3.05) is 10.6 Å². The lowest BCUT2D eigenvalue weighted by Gasteiger charge is -2.12. The average Bonchev–Trinajstić information content (AvgIpc) is 2.55. The van der Waals surface area contributed by atoms with Gasteiger partial charge >= 0.3 is 20.2 Å². The van der Waals surface area contributed by atoms with Gasteiger partial charge in [0.1, 0.15) is 9.79 Å². The van der Waals surface area contributed by atoms with Crippen molar-refractivity contribution in [3.8, 4) is 0 Å². The van der Waals surface area contributed by atoms with Crippen molar-refractivity contribution in [2.24, 2.45) is 0 Å². The van der Waals surface area contributed by atoms with Gasteiger partial charge in [-0.15, -0.1) is 3.63 Å². The van der Waals surface area contributed by atoms with Gasteiger partial charge in [-0.1, -0.05) is 37.4 Å². The first kappa shape index (κ1) is 18.7. The Morgan fingerprint density at radius 2 is 1.08 bits per heavy atom. The number of nitrogens with one attached hydrogen (secondary N) is 2. The van der Waals surface area contributed by atoms with Crippen molar-refractivity contribution in [1.29, 1.82) is 0 Å². The third kappa shape index (κ3) is 4.27. The van der Waals surface area contributed by atoms with Gasteiger partial charge in [-0.05, 0) is 36.7 Å². The predicted octanol–water partition coefficient (Wildman–Crippen LogP) is 2.89. The highest BCUT2D eigenvalue weighted by Gasteiger charge is 2.30. The Labute approximate surface area is 146 Å². The number of rotatable bonds is 8. The second-order valence-corrected chi connectivity index (χ2v) is 7.91. The normalized spacial score (nSPS) is 11.5. The lowest BCUT2D eigenvalue weighted by molar-refractivity contribution is 0.462. The molecule has 0 saturated heterocycles. The minimum absolute atomic E-state index is 0.144. The molecule has 0 bridgehead atoms. The predicted molar refractivity (Wildman–Crippen MR) is 96.0 cm³/mol. The maximum atomic E-state index is 12.5. The lowest BCUT2D eigenvalue weighted by atomic mass is 10.3. The van der Waals surface area contributed by atoms with Crippen LogP contribution in [0.2, 0.25) is 0 Å². The maximum Gasteiger partial charge on any atom is 0.313 e. The molecule has 2 N–H and O–H groups in total. The van der Waals surface area contributed by atoms with Gasteiger partial charge < -0.3 is 10.6 Å². The summed E-state index contributed by atoms with van der Waals surface area (Å²) in [6, 6.07) is 11.4. The van der Waals surface area contributed by atoms with Crippen LogP contribution in [0.1, 0.15) is 0 Å². The summed E-state index contributed by atoms with van der Waals surface area (Å²) in [5.41, 5.74) is 0.287. The highest BCUT2D eigenvalue weighted by Crippen LogP contribution is 2.29. The van der Waals surface area contributed by atoms with Gasteiger partial charge in [0, 0.05) is 0 Å². The molecule has 25 heavy (non-hydrogen) atoms. The highest BCUT2D eigenvalue weighted by atomic mass is 32.3. The van der Waals surface area contributed by atoms with Gasteiger partial charge in [0.2, 0.25) is 0 Å². The molecule has 0 aliphatic heterocycles. The highest BCUT2D eigenvalue weighted by molar-refractivity contribution is 8.00. The van der Waals surface area contributed by atoms with Gasteiger partial charge in [-0.2, -0.15) is 16.8 Å². The van der Waals surface area contributed by atoms with Crippen molar-refractivity contribution in [3.05, 3.63) is 74.1 Å². The molecule has 0 radical (unpaired) electrons. The van der Waals surface area contributed by atoms with E-state index in [1.54, 1.807) is 12.1 Å². The van der Waals surface area contributed by atoms with Crippen LogP contribution in [0.4, 0.5) is 11.4 Å². The Morgan fingerprint density at radius 3 is 1.44 bits per heavy atom. The number of para-hydroxylation sites is 2. The minimum Gasteiger partial charge on any atom is -0.361 e. The first-order chi connectivity index (χ1) is 11.8. The van der Waals surface area contributed by atoms with Crippen LogP contribution in [0.5, 0.6) is 0 Å². The Balaban J connectivity index is 2.47. The van der Waals surface area contributed by atoms with Gasteiger partial charge in [-0.25, -0.2) is 0 Å². The molecule has 9 heteroatoms. The summed E-state index contributed by atoms with van der Waals surface area (Å²) < 4.78 is 54.4. The summed E-state index contributed by atoms with van der Waals surface area (Å²) >= 11 is 0. The van der Waals surface area contributed by atoms with Crippen LogP contribution < -0.4 is 10.6 Å². The molecule has 0 amide bonds. The summed E-state index contributed by atoms with van der Waals surface area (Å²) in [4.78, 5) is -0.653. The summed E-state index contributed by atoms with van der Waals surface area (Å²) in [7, 11) is -9.21. The SMILES string of the molecule is C=CNc1ccccc1S(=O)(=O)OS(=O)(=O)c1ccccc1NC=C. The largest absolute Gasteiger partial charge is 0.361 e. The molecule has 0 aromatic heterocycles. The number of hydrogen-bond donors (Lipinski definition) is 2. The second kappa shape index (κ2) is 7.51. The number of anilines is 2. The van der Waals surface area contributed by atoms with Crippen LogP contribution in [0.25, 0.3) is 0 Å². The van der Waals surface area contributed by atoms with E-state index >= 15 is 0 Å². The fraction of sp³-hybridized carbons (Fsp3) is 0. The molecular weight excluding hydrogens is 364 g/mol. The van der Waals surface area contributed by atoms with Crippen molar-refractivity contribution < 1.29 is 20.5 Å². The van der Waals surface area contributed by atoms with Crippen LogP contribution in [0, 0.1) is 0 Å². The van der Waals surface area contributed by atoms with E-state index in [2.05, 4.69) is 27.4 Å². The fourth-order valence-corrected chi connectivity index (χ4v) is 4.83. The molecule has 0 saturated carbocycles. The Hall–Kier alpha value is -2.62. The Kier molecular flexibility index (Phi) is 5.62. The first-order valence-corrected chi connectivity index (χ1v) is 9.77. The van der Waals surface area contributed by atoms with Crippen LogP contribution in [0.3, 0.4) is 0 Å². The standard InChI is InChI=1S/C16H16N2O5S2/c1-3-17-13-9-5-7-11-15(13)24(19,20)23-25(21,22)16-12-8-6-10-14(16)18-4-2/h3-12,17-18H,1-2H2. The van der Waals surface area contributed by atoms with E-state index in [9.17, 15) is 16.8 Å². The quantitative estimate of drug-likeness (QED) is 0.726. The number of hydrogen-bond acceptors (Lipinski definition) is 7. The van der Waals surface area contributed by atoms with E-state index in [-0.39, 0.29) is 21.2 Å². The molecular formula is C16H16N2O5S2. The minimum atomic E-state index is -4.60.